The Morgan fingerprint density at radius 1 is 1.11 bits per heavy atom. The first-order valence-electron chi connectivity index (χ1n) is 12.5. The van der Waals surface area contributed by atoms with E-state index in [9.17, 15) is 8.42 Å². The van der Waals surface area contributed by atoms with E-state index >= 15 is 4.39 Å². The Bertz CT molecular complexity index is 1570. The predicted octanol–water partition coefficient (Wildman–Crippen LogP) is 4.86. The molecule has 38 heavy (non-hydrogen) atoms. The minimum Gasteiger partial charge on any atom is -0.436 e. The van der Waals surface area contributed by atoms with E-state index in [1.54, 1.807) is 43.6 Å². The zero-order valence-electron chi connectivity index (χ0n) is 21.2. The van der Waals surface area contributed by atoms with Crippen molar-refractivity contribution in [2.24, 2.45) is 0 Å². The average molecular weight is 537 g/mol. The molecule has 5 rings (SSSR count). The molecule has 0 bridgehead atoms. The van der Waals surface area contributed by atoms with Crippen molar-refractivity contribution >= 4 is 32.3 Å². The van der Waals surface area contributed by atoms with Gasteiger partial charge < -0.3 is 15.4 Å². The van der Waals surface area contributed by atoms with Crippen molar-refractivity contribution in [3.8, 4) is 22.9 Å². The molecule has 4 aromatic rings. The highest BCUT2D eigenvalue weighted by molar-refractivity contribution is 7.92. The Labute approximate surface area is 220 Å². The van der Waals surface area contributed by atoms with Crippen molar-refractivity contribution in [1.29, 1.82) is 0 Å². The molecule has 1 aliphatic heterocycles. The number of ether oxygens (including phenoxy) is 1. The fourth-order valence-corrected chi connectivity index (χ4v) is 5.16. The Morgan fingerprint density at radius 2 is 1.89 bits per heavy atom. The van der Waals surface area contributed by atoms with E-state index in [1.165, 1.54) is 13.1 Å². The Hall–Kier alpha value is -3.83. The number of hydrogen-bond donors (Lipinski definition) is 3. The smallest absolute Gasteiger partial charge is 0.246 e. The predicted molar refractivity (Wildman–Crippen MR) is 147 cm³/mol. The molecule has 2 aromatic carbocycles. The molecule has 0 spiro atoms. The molecule has 1 atom stereocenters. The van der Waals surface area contributed by atoms with Gasteiger partial charge in [-0.05, 0) is 45.4 Å². The molecule has 1 saturated heterocycles. The minimum absolute atomic E-state index is 0.103. The lowest BCUT2D eigenvalue weighted by Gasteiger charge is -2.24. The summed E-state index contributed by atoms with van der Waals surface area (Å²) < 4.78 is 48.8. The van der Waals surface area contributed by atoms with E-state index in [-0.39, 0.29) is 34.7 Å². The normalized spacial score (nSPS) is 15.8. The van der Waals surface area contributed by atoms with Gasteiger partial charge in [0.15, 0.2) is 5.82 Å². The third kappa shape index (κ3) is 5.39. The first-order chi connectivity index (χ1) is 18.4. The van der Waals surface area contributed by atoms with Crippen LogP contribution in [0.5, 0.6) is 11.6 Å². The van der Waals surface area contributed by atoms with Crippen molar-refractivity contribution in [3.05, 3.63) is 66.4 Å². The Balaban J connectivity index is 1.54. The number of hydrogen-bond acceptors (Lipinski definition) is 8. The number of nitrogens with zero attached hydrogens (tertiary/aromatic N) is 3. The fraction of sp³-hybridized carbons (Fsp3) is 0.296. The number of fused-ring (bicyclic) bond motifs is 1. The molecular formula is C27H29FN6O3S. The number of piperidine rings is 1. The Kier molecular flexibility index (Phi) is 7.39. The van der Waals surface area contributed by atoms with Gasteiger partial charge in [-0.25, -0.2) is 27.8 Å². The SMILES string of the molecule is CCS(=O)(=O)Nc1c(F)c(C)c(Oc2nccnc2-c2ccnc(NC3CCCNC3)c2)c2ccccc12. The van der Waals surface area contributed by atoms with Gasteiger partial charge in [0, 0.05) is 53.1 Å². The maximum Gasteiger partial charge on any atom is 0.246 e. The molecule has 1 aliphatic rings. The van der Waals surface area contributed by atoms with Crippen LogP contribution in [-0.2, 0) is 10.0 Å². The van der Waals surface area contributed by atoms with Crippen LogP contribution in [0, 0.1) is 12.7 Å². The molecular weight excluding hydrogens is 507 g/mol. The molecule has 0 radical (unpaired) electrons. The summed E-state index contributed by atoms with van der Waals surface area (Å²) in [6, 6.07) is 10.9. The number of nitrogens with one attached hydrogen (secondary N) is 3. The molecule has 3 heterocycles. The van der Waals surface area contributed by atoms with Crippen LogP contribution in [0.25, 0.3) is 22.0 Å². The van der Waals surface area contributed by atoms with Gasteiger partial charge in [0.25, 0.3) is 0 Å². The van der Waals surface area contributed by atoms with Crippen LogP contribution < -0.4 is 20.1 Å². The van der Waals surface area contributed by atoms with Crippen molar-refractivity contribution in [2.75, 3.05) is 28.9 Å². The number of sulfonamides is 1. The fourth-order valence-electron chi connectivity index (χ4n) is 4.50. The van der Waals surface area contributed by atoms with Gasteiger partial charge in [-0.3, -0.25) is 4.72 Å². The lowest BCUT2D eigenvalue weighted by atomic mass is 10.0. The van der Waals surface area contributed by atoms with Crippen LogP contribution in [0.15, 0.2) is 55.0 Å². The molecule has 0 amide bonds. The number of pyridine rings is 1. The molecule has 0 saturated carbocycles. The summed E-state index contributed by atoms with van der Waals surface area (Å²) in [4.78, 5) is 13.4. The van der Waals surface area contributed by atoms with E-state index in [1.807, 2.05) is 12.1 Å². The topological polar surface area (TPSA) is 118 Å². The molecule has 9 nitrogen and oxygen atoms in total. The highest BCUT2D eigenvalue weighted by atomic mass is 32.2. The number of anilines is 2. The lowest BCUT2D eigenvalue weighted by molar-refractivity contribution is 0.459. The summed E-state index contributed by atoms with van der Waals surface area (Å²) >= 11 is 0. The van der Waals surface area contributed by atoms with Crippen molar-refractivity contribution in [3.63, 3.8) is 0 Å². The number of aromatic nitrogens is 3. The van der Waals surface area contributed by atoms with E-state index < -0.39 is 15.8 Å². The monoisotopic (exact) mass is 536 g/mol. The molecule has 2 aromatic heterocycles. The van der Waals surface area contributed by atoms with Gasteiger partial charge in [-0.1, -0.05) is 24.3 Å². The standard InChI is InChI=1S/C27H29FN6O3S/c1-3-38(35,36)34-25-20-8-4-5-9-21(20)26(17(2)23(25)28)37-27-24(31-13-14-32-27)18-10-12-30-22(15-18)33-19-7-6-11-29-16-19/h4-5,8-10,12-15,19,29,34H,3,6-7,11,16H2,1-2H3,(H,30,33). The lowest BCUT2D eigenvalue weighted by Crippen LogP contribution is -2.38. The van der Waals surface area contributed by atoms with Gasteiger partial charge in [0.05, 0.1) is 11.4 Å². The molecule has 3 N–H and O–H groups in total. The second-order valence-electron chi connectivity index (χ2n) is 9.12. The minimum atomic E-state index is -3.70. The first kappa shape index (κ1) is 25.8. The zero-order valence-corrected chi connectivity index (χ0v) is 22.0. The van der Waals surface area contributed by atoms with Crippen molar-refractivity contribution in [2.45, 2.75) is 32.7 Å². The van der Waals surface area contributed by atoms with Gasteiger partial charge in [-0.15, -0.1) is 0 Å². The molecule has 11 heteroatoms. The molecule has 1 unspecified atom stereocenters. The molecule has 198 valence electrons. The highest BCUT2D eigenvalue weighted by Gasteiger charge is 2.23. The number of rotatable bonds is 8. The third-order valence-electron chi connectivity index (χ3n) is 6.51. The number of benzene rings is 2. The summed E-state index contributed by atoms with van der Waals surface area (Å²) in [6.07, 6.45) is 6.92. The maximum absolute atomic E-state index is 15.6. The van der Waals surface area contributed by atoms with E-state index in [2.05, 4.69) is 30.3 Å². The van der Waals surface area contributed by atoms with Crippen LogP contribution in [0.4, 0.5) is 15.9 Å². The largest absolute Gasteiger partial charge is 0.436 e. The zero-order chi connectivity index (χ0) is 26.7. The second-order valence-corrected chi connectivity index (χ2v) is 11.1. The first-order valence-corrected chi connectivity index (χ1v) is 14.2. The second kappa shape index (κ2) is 10.9. The van der Waals surface area contributed by atoms with Crippen LogP contribution >= 0.6 is 0 Å². The van der Waals surface area contributed by atoms with Crippen LogP contribution in [-0.4, -0.2) is 48.3 Å². The summed E-state index contributed by atoms with van der Waals surface area (Å²) in [5.74, 6) is 0.255. The summed E-state index contributed by atoms with van der Waals surface area (Å²) in [5, 5.41) is 7.76. The number of halogens is 1. The van der Waals surface area contributed by atoms with Crippen molar-refractivity contribution in [1.82, 2.24) is 20.3 Å². The van der Waals surface area contributed by atoms with Gasteiger partial charge in [0.1, 0.15) is 17.3 Å². The van der Waals surface area contributed by atoms with Gasteiger partial charge >= 0.3 is 0 Å². The van der Waals surface area contributed by atoms with Crippen LogP contribution in [0.2, 0.25) is 0 Å². The van der Waals surface area contributed by atoms with Gasteiger partial charge in [-0.2, -0.15) is 0 Å². The van der Waals surface area contributed by atoms with E-state index in [0.717, 1.165) is 31.5 Å². The summed E-state index contributed by atoms with van der Waals surface area (Å²) in [5.41, 5.74) is 1.26. The van der Waals surface area contributed by atoms with E-state index in [4.69, 9.17) is 4.74 Å². The third-order valence-corrected chi connectivity index (χ3v) is 7.79. The maximum atomic E-state index is 15.6. The summed E-state index contributed by atoms with van der Waals surface area (Å²) in [7, 11) is -3.70. The Morgan fingerprint density at radius 3 is 2.66 bits per heavy atom. The summed E-state index contributed by atoms with van der Waals surface area (Å²) in [6.45, 7) is 4.93. The van der Waals surface area contributed by atoms with Crippen LogP contribution in [0.1, 0.15) is 25.3 Å². The molecule has 1 fully saturated rings. The van der Waals surface area contributed by atoms with Crippen LogP contribution in [0.3, 0.4) is 0 Å². The van der Waals surface area contributed by atoms with Gasteiger partial charge in [0.2, 0.25) is 15.9 Å². The van der Waals surface area contributed by atoms with E-state index in [0.29, 0.717) is 22.3 Å². The molecule has 0 aliphatic carbocycles. The average Bonchev–Trinajstić information content (AvgIpc) is 2.94. The van der Waals surface area contributed by atoms with Crippen molar-refractivity contribution < 1.29 is 17.5 Å². The highest BCUT2D eigenvalue weighted by Crippen LogP contribution is 2.41. The quantitative estimate of drug-likeness (QED) is 0.292.